The highest BCUT2D eigenvalue weighted by atomic mass is 15.2. The molecule has 0 spiro atoms. The highest BCUT2D eigenvalue weighted by Crippen LogP contribution is 2.28. The molecule has 0 aromatic carbocycles. The van der Waals surface area contributed by atoms with Gasteiger partial charge in [0.05, 0.1) is 0 Å². The Morgan fingerprint density at radius 1 is 1.13 bits per heavy atom. The number of nitrogens with zero attached hydrogens (tertiary/aromatic N) is 1. The number of hydrogen-bond donors (Lipinski definition) is 1. The van der Waals surface area contributed by atoms with Crippen LogP contribution in [0.15, 0.2) is 0 Å². The molecule has 88 valence electrons. The van der Waals surface area contributed by atoms with E-state index in [-0.39, 0.29) is 0 Å². The van der Waals surface area contributed by atoms with Crippen molar-refractivity contribution in [2.75, 3.05) is 19.6 Å². The normalized spacial score (nSPS) is 42.0. The lowest BCUT2D eigenvalue weighted by atomic mass is 9.90. The first-order valence-corrected chi connectivity index (χ1v) is 6.45. The van der Waals surface area contributed by atoms with Gasteiger partial charge in [-0.2, -0.15) is 0 Å². The molecule has 2 fully saturated rings. The number of nitrogens with one attached hydrogen (secondary N) is 1. The van der Waals surface area contributed by atoms with Gasteiger partial charge in [0.1, 0.15) is 0 Å². The molecule has 2 heteroatoms. The largest absolute Gasteiger partial charge is 0.310 e. The van der Waals surface area contributed by atoms with Crippen LogP contribution in [0.1, 0.15) is 40.5 Å². The Balaban J connectivity index is 1.93. The average molecular weight is 210 g/mol. The summed E-state index contributed by atoms with van der Waals surface area (Å²) in [7, 11) is 0. The molecule has 0 aromatic rings. The van der Waals surface area contributed by atoms with Crippen LogP contribution in [0.4, 0.5) is 0 Å². The van der Waals surface area contributed by atoms with E-state index in [2.05, 4.69) is 37.9 Å². The minimum Gasteiger partial charge on any atom is -0.310 e. The third kappa shape index (κ3) is 2.73. The minimum absolute atomic E-state index is 0.356. The van der Waals surface area contributed by atoms with Crippen LogP contribution < -0.4 is 5.32 Å². The molecular weight excluding hydrogens is 184 g/mol. The molecule has 0 radical (unpaired) electrons. The van der Waals surface area contributed by atoms with Gasteiger partial charge >= 0.3 is 0 Å². The number of piperidine rings is 1. The van der Waals surface area contributed by atoms with E-state index in [4.69, 9.17) is 0 Å². The van der Waals surface area contributed by atoms with Gasteiger partial charge < -0.3 is 5.32 Å². The Morgan fingerprint density at radius 3 is 2.20 bits per heavy atom. The van der Waals surface area contributed by atoms with Crippen LogP contribution in [-0.2, 0) is 0 Å². The maximum Gasteiger partial charge on any atom is 0.0238 e. The van der Waals surface area contributed by atoms with Gasteiger partial charge in [-0.1, -0.05) is 13.8 Å². The predicted molar refractivity (Wildman–Crippen MR) is 65.0 cm³/mol. The van der Waals surface area contributed by atoms with Crippen molar-refractivity contribution in [3.63, 3.8) is 0 Å². The van der Waals surface area contributed by atoms with Crippen molar-refractivity contribution in [2.24, 2.45) is 11.8 Å². The van der Waals surface area contributed by atoms with Crippen molar-refractivity contribution < 1.29 is 0 Å². The molecular formula is C13H26N2. The lowest BCUT2D eigenvalue weighted by Gasteiger charge is -2.38. The van der Waals surface area contributed by atoms with Gasteiger partial charge in [0.25, 0.3) is 0 Å². The number of hydrogen-bond acceptors (Lipinski definition) is 2. The number of likely N-dealkylation sites (tertiary alicyclic amines) is 1. The van der Waals surface area contributed by atoms with Crippen molar-refractivity contribution >= 4 is 0 Å². The van der Waals surface area contributed by atoms with Gasteiger partial charge in [0, 0.05) is 31.2 Å². The second-order valence-corrected chi connectivity index (χ2v) is 6.52. The topological polar surface area (TPSA) is 15.3 Å². The fourth-order valence-electron chi connectivity index (χ4n) is 3.40. The second-order valence-electron chi connectivity index (χ2n) is 6.52. The third-order valence-corrected chi connectivity index (χ3v) is 3.98. The van der Waals surface area contributed by atoms with Crippen molar-refractivity contribution in [3.8, 4) is 0 Å². The quantitative estimate of drug-likeness (QED) is 0.713. The first kappa shape index (κ1) is 11.4. The third-order valence-electron chi connectivity index (χ3n) is 3.98. The molecule has 1 N–H and O–H groups in total. The summed E-state index contributed by atoms with van der Waals surface area (Å²) in [5.41, 5.74) is 0.356. The maximum atomic E-state index is 3.63. The standard InChI is InChI=1S/C13H26N2/c1-10-5-11(2)9-15(8-10)12-6-13(3,4)14-7-12/h10-12,14H,5-9H2,1-4H3. The molecule has 2 aliphatic rings. The molecule has 15 heavy (non-hydrogen) atoms. The van der Waals surface area contributed by atoms with Gasteiger partial charge in [-0.25, -0.2) is 0 Å². The first-order valence-electron chi connectivity index (χ1n) is 6.45. The van der Waals surface area contributed by atoms with Crippen molar-refractivity contribution in [1.29, 1.82) is 0 Å². The highest BCUT2D eigenvalue weighted by Gasteiger charge is 2.36. The molecule has 3 unspecified atom stereocenters. The molecule has 3 atom stereocenters. The molecule has 2 rings (SSSR count). The van der Waals surface area contributed by atoms with E-state index in [1.165, 1.54) is 32.5 Å². The summed E-state index contributed by atoms with van der Waals surface area (Å²) in [4.78, 5) is 2.72. The maximum absolute atomic E-state index is 3.63. The van der Waals surface area contributed by atoms with Crippen molar-refractivity contribution in [2.45, 2.75) is 52.1 Å². The van der Waals surface area contributed by atoms with Crippen LogP contribution in [0.2, 0.25) is 0 Å². The minimum atomic E-state index is 0.356. The fourth-order valence-corrected chi connectivity index (χ4v) is 3.40. The van der Waals surface area contributed by atoms with Gasteiger partial charge in [-0.15, -0.1) is 0 Å². The SMILES string of the molecule is CC1CC(C)CN(C2CNC(C)(C)C2)C1. The van der Waals surface area contributed by atoms with Crippen LogP contribution in [0.5, 0.6) is 0 Å². The van der Waals surface area contributed by atoms with Crippen LogP contribution in [0, 0.1) is 11.8 Å². The average Bonchev–Trinajstić information content (AvgIpc) is 2.44. The summed E-state index contributed by atoms with van der Waals surface area (Å²) in [6.07, 6.45) is 2.73. The Kier molecular flexibility index (Phi) is 3.09. The zero-order chi connectivity index (χ0) is 11.1. The van der Waals surface area contributed by atoms with Crippen molar-refractivity contribution in [1.82, 2.24) is 10.2 Å². The highest BCUT2D eigenvalue weighted by molar-refractivity contribution is 4.95. The van der Waals surface area contributed by atoms with E-state index < -0.39 is 0 Å². The first-order chi connectivity index (χ1) is 6.96. The number of rotatable bonds is 1. The van der Waals surface area contributed by atoms with E-state index >= 15 is 0 Å². The van der Waals surface area contributed by atoms with Crippen LogP contribution in [0.3, 0.4) is 0 Å². The molecule has 0 saturated carbocycles. The Hall–Kier alpha value is -0.0800. The summed E-state index contributed by atoms with van der Waals surface area (Å²) in [6.45, 7) is 13.3. The molecule has 0 amide bonds. The van der Waals surface area contributed by atoms with E-state index in [1.54, 1.807) is 0 Å². The van der Waals surface area contributed by atoms with E-state index in [1.807, 2.05) is 0 Å². The smallest absolute Gasteiger partial charge is 0.0238 e. The van der Waals surface area contributed by atoms with E-state index in [0.29, 0.717) is 5.54 Å². The van der Waals surface area contributed by atoms with Gasteiger partial charge in [-0.05, 0) is 38.5 Å². The molecule has 0 aliphatic carbocycles. The molecule has 2 aliphatic heterocycles. The summed E-state index contributed by atoms with van der Waals surface area (Å²) >= 11 is 0. The predicted octanol–water partition coefficient (Wildman–Crippen LogP) is 2.10. The van der Waals surface area contributed by atoms with E-state index in [0.717, 1.165) is 17.9 Å². The lowest BCUT2D eigenvalue weighted by molar-refractivity contribution is 0.100. The van der Waals surface area contributed by atoms with Crippen LogP contribution >= 0.6 is 0 Å². The Morgan fingerprint density at radius 2 is 1.73 bits per heavy atom. The van der Waals surface area contributed by atoms with E-state index in [9.17, 15) is 0 Å². The Labute approximate surface area is 94.4 Å². The second kappa shape index (κ2) is 4.06. The Bertz CT molecular complexity index is 215. The molecule has 0 bridgehead atoms. The summed E-state index contributed by atoms with van der Waals surface area (Å²) in [5, 5.41) is 3.63. The molecule has 2 saturated heterocycles. The molecule has 2 heterocycles. The van der Waals surface area contributed by atoms with Crippen molar-refractivity contribution in [3.05, 3.63) is 0 Å². The van der Waals surface area contributed by atoms with Crippen LogP contribution in [-0.4, -0.2) is 36.1 Å². The lowest BCUT2D eigenvalue weighted by Crippen LogP contribution is -2.45. The van der Waals surface area contributed by atoms with Gasteiger partial charge in [0.15, 0.2) is 0 Å². The summed E-state index contributed by atoms with van der Waals surface area (Å²) in [6, 6.07) is 0.783. The fraction of sp³-hybridized carbons (Fsp3) is 1.00. The molecule has 2 nitrogen and oxygen atoms in total. The zero-order valence-electron chi connectivity index (χ0n) is 10.7. The summed E-state index contributed by atoms with van der Waals surface area (Å²) < 4.78 is 0. The van der Waals surface area contributed by atoms with Gasteiger partial charge in [0.2, 0.25) is 0 Å². The monoisotopic (exact) mass is 210 g/mol. The van der Waals surface area contributed by atoms with Crippen LogP contribution in [0.25, 0.3) is 0 Å². The molecule has 0 aromatic heterocycles. The zero-order valence-corrected chi connectivity index (χ0v) is 10.7. The summed E-state index contributed by atoms with van der Waals surface area (Å²) in [5.74, 6) is 1.77. The van der Waals surface area contributed by atoms with Gasteiger partial charge in [-0.3, -0.25) is 4.90 Å².